The second kappa shape index (κ2) is 3.98. The molecule has 0 aliphatic carbocycles. The Labute approximate surface area is 88.3 Å². The van der Waals surface area contributed by atoms with Gasteiger partial charge in [0.1, 0.15) is 11.1 Å². The van der Waals surface area contributed by atoms with Crippen LogP contribution in [0, 0.1) is 5.82 Å². The van der Waals surface area contributed by atoms with Crippen molar-refractivity contribution in [2.45, 2.75) is 11.4 Å². The molecular formula is C8H5ClF4S. The fraction of sp³-hybridized carbons (Fsp3) is 0.250. The van der Waals surface area contributed by atoms with Crippen molar-refractivity contribution in [1.29, 1.82) is 0 Å². The predicted octanol–water partition coefficient (Wildman–Crippen LogP) is 4.01. The summed E-state index contributed by atoms with van der Waals surface area (Å²) in [4.78, 5) is 0. The highest BCUT2D eigenvalue weighted by atomic mass is 35.5. The Morgan fingerprint density at radius 2 is 1.86 bits per heavy atom. The van der Waals surface area contributed by atoms with Gasteiger partial charge in [-0.3, -0.25) is 0 Å². The van der Waals surface area contributed by atoms with Crippen LogP contribution < -0.4 is 0 Å². The molecule has 1 rings (SSSR count). The number of benzene rings is 1. The summed E-state index contributed by atoms with van der Waals surface area (Å²) in [6, 6.07) is 2.71. The molecule has 14 heavy (non-hydrogen) atoms. The van der Waals surface area contributed by atoms with Gasteiger partial charge in [0.05, 0.1) is 0 Å². The van der Waals surface area contributed by atoms with Crippen LogP contribution in [0.5, 0.6) is 0 Å². The minimum Gasteiger partial charge on any atom is -0.207 e. The molecule has 0 N–H and O–H groups in total. The molecule has 1 atom stereocenters. The molecule has 0 aliphatic rings. The van der Waals surface area contributed by atoms with E-state index in [2.05, 4.69) is 12.6 Å². The summed E-state index contributed by atoms with van der Waals surface area (Å²) < 4.78 is 49.1. The molecule has 0 saturated carbocycles. The maximum absolute atomic E-state index is 12.5. The minimum atomic E-state index is -4.50. The van der Waals surface area contributed by atoms with Gasteiger partial charge in [0.2, 0.25) is 0 Å². The third kappa shape index (κ3) is 2.54. The fourth-order valence-electron chi connectivity index (χ4n) is 0.900. The molecule has 6 heteroatoms. The zero-order chi connectivity index (χ0) is 10.9. The van der Waals surface area contributed by atoms with Crippen LogP contribution in [0.25, 0.3) is 0 Å². The van der Waals surface area contributed by atoms with Gasteiger partial charge in [0, 0.05) is 5.02 Å². The van der Waals surface area contributed by atoms with Crippen LogP contribution in [0.4, 0.5) is 17.6 Å². The molecule has 0 bridgehead atoms. The normalized spacial score (nSPS) is 14.1. The van der Waals surface area contributed by atoms with Crippen LogP contribution in [-0.2, 0) is 0 Å². The fourth-order valence-corrected chi connectivity index (χ4v) is 1.48. The van der Waals surface area contributed by atoms with Gasteiger partial charge in [-0.1, -0.05) is 17.7 Å². The van der Waals surface area contributed by atoms with Crippen LogP contribution in [-0.4, -0.2) is 6.18 Å². The number of hydrogen-bond donors (Lipinski definition) is 1. The van der Waals surface area contributed by atoms with Crippen LogP contribution >= 0.6 is 24.2 Å². The van der Waals surface area contributed by atoms with Gasteiger partial charge in [0.25, 0.3) is 0 Å². The Bertz CT molecular complexity index is 337. The van der Waals surface area contributed by atoms with Crippen LogP contribution in [0.15, 0.2) is 18.2 Å². The highest BCUT2D eigenvalue weighted by molar-refractivity contribution is 7.80. The summed E-state index contributed by atoms with van der Waals surface area (Å²) in [5.41, 5.74) is -0.246. The number of thiol groups is 1. The van der Waals surface area contributed by atoms with Gasteiger partial charge in [-0.2, -0.15) is 25.8 Å². The van der Waals surface area contributed by atoms with Crippen molar-refractivity contribution >= 4 is 24.2 Å². The summed E-state index contributed by atoms with van der Waals surface area (Å²) >= 11 is 8.81. The standard InChI is InChI=1S/C8H5ClF4S/c9-6-3-4(10)1-2-5(6)7(14)8(11,12)13/h1-3,7,14H/t7-/m0/s1. The highest BCUT2D eigenvalue weighted by Crippen LogP contribution is 2.40. The van der Waals surface area contributed by atoms with E-state index in [0.29, 0.717) is 0 Å². The maximum atomic E-state index is 12.5. The molecule has 0 heterocycles. The van der Waals surface area contributed by atoms with E-state index in [1.54, 1.807) is 0 Å². The Hall–Kier alpha value is -0.420. The SMILES string of the molecule is Fc1ccc([C@H](S)C(F)(F)F)c(Cl)c1. The summed E-state index contributed by atoms with van der Waals surface area (Å²) in [6.45, 7) is 0. The van der Waals surface area contributed by atoms with Crippen molar-refractivity contribution < 1.29 is 17.6 Å². The first-order chi connectivity index (χ1) is 6.32. The molecule has 0 unspecified atom stereocenters. The van der Waals surface area contributed by atoms with Gasteiger partial charge >= 0.3 is 6.18 Å². The lowest BCUT2D eigenvalue weighted by Crippen LogP contribution is -2.16. The van der Waals surface area contributed by atoms with E-state index in [4.69, 9.17) is 11.6 Å². The third-order valence-corrected chi connectivity index (χ3v) is 2.47. The number of hydrogen-bond acceptors (Lipinski definition) is 1. The van der Waals surface area contributed by atoms with Crippen molar-refractivity contribution in [2.24, 2.45) is 0 Å². The molecule has 0 saturated heterocycles. The topological polar surface area (TPSA) is 0 Å². The van der Waals surface area contributed by atoms with E-state index < -0.39 is 17.2 Å². The molecule has 0 spiro atoms. The Morgan fingerprint density at radius 3 is 2.29 bits per heavy atom. The van der Waals surface area contributed by atoms with Gasteiger partial charge in [-0.25, -0.2) is 4.39 Å². The molecule has 0 aromatic heterocycles. The number of rotatable bonds is 1. The summed E-state index contributed by atoms with van der Waals surface area (Å²) in [7, 11) is 0. The van der Waals surface area contributed by atoms with Crippen molar-refractivity contribution in [2.75, 3.05) is 0 Å². The van der Waals surface area contributed by atoms with E-state index in [9.17, 15) is 17.6 Å². The summed E-state index contributed by atoms with van der Waals surface area (Å²) in [5, 5.41) is -2.27. The van der Waals surface area contributed by atoms with Crippen LogP contribution in [0.3, 0.4) is 0 Å². The highest BCUT2D eigenvalue weighted by Gasteiger charge is 2.39. The van der Waals surface area contributed by atoms with Crippen LogP contribution in [0.1, 0.15) is 10.8 Å². The summed E-state index contributed by atoms with van der Waals surface area (Å²) in [6.07, 6.45) is -4.50. The van der Waals surface area contributed by atoms with E-state index in [0.717, 1.165) is 18.2 Å². The third-order valence-electron chi connectivity index (χ3n) is 1.57. The molecule has 0 nitrogen and oxygen atoms in total. The molecule has 0 radical (unpaired) electrons. The first-order valence-electron chi connectivity index (χ1n) is 3.52. The second-order valence-corrected chi connectivity index (χ2v) is 3.53. The Morgan fingerprint density at radius 1 is 1.29 bits per heavy atom. The van der Waals surface area contributed by atoms with E-state index >= 15 is 0 Å². The first-order valence-corrected chi connectivity index (χ1v) is 4.41. The lowest BCUT2D eigenvalue weighted by molar-refractivity contribution is -0.129. The van der Waals surface area contributed by atoms with Crippen molar-refractivity contribution in [3.05, 3.63) is 34.6 Å². The zero-order valence-electron chi connectivity index (χ0n) is 6.65. The predicted molar refractivity (Wildman–Crippen MR) is 49.2 cm³/mol. The molecule has 0 amide bonds. The molecular weight excluding hydrogens is 240 g/mol. The smallest absolute Gasteiger partial charge is 0.207 e. The molecule has 0 fully saturated rings. The Kier molecular flexibility index (Phi) is 3.32. The van der Waals surface area contributed by atoms with Crippen molar-refractivity contribution in [3.63, 3.8) is 0 Å². The molecule has 0 aliphatic heterocycles. The maximum Gasteiger partial charge on any atom is 0.404 e. The van der Waals surface area contributed by atoms with E-state index in [1.165, 1.54) is 0 Å². The van der Waals surface area contributed by atoms with E-state index in [-0.39, 0.29) is 10.6 Å². The summed E-state index contributed by atoms with van der Waals surface area (Å²) in [5.74, 6) is -0.679. The van der Waals surface area contributed by atoms with Crippen molar-refractivity contribution in [3.8, 4) is 0 Å². The average Bonchev–Trinajstić information content (AvgIpc) is 2.01. The lowest BCUT2D eigenvalue weighted by atomic mass is 10.1. The van der Waals surface area contributed by atoms with Crippen molar-refractivity contribution in [1.82, 2.24) is 0 Å². The lowest BCUT2D eigenvalue weighted by Gasteiger charge is -2.16. The van der Waals surface area contributed by atoms with Gasteiger partial charge in [0.15, 0.2) is 0 Å². The van der Waals surface area contributed by atoms with Crippen LogP contribution in [0.2, 0.25) is 5.02 Å². The quantitative estimate of drug-likeness (QED) is 0.560. The molecule has 78 valence electrons. The zero-order valence-corrected chi connectivity index (χ0v) is 8.30. The number of alkyl halides is 3. The van der Waals surface area contributed by atoms with E-state index in [1.807, 2.05) is 0 Å². The Balaban J connectivity index is 3.08. The second-order valence-electron chi connectivity index (χ2n) is 2.61. The van der Waals surface area contributed by atoms with Gasteiger partial charge < -0.3 is 0 Å². The van der Waals surface area contributed by atoms with Gasteiger partial charge in [-0.15, -0.1) is 0 Å². The average molecular weight is 245 g/mol. The number of halogens is 5. The first kappa shape index (κ1) is 11.7. The molecule has 1 aromatic rings. The monoisotopic (exact) mass is 244 g/mol. The minimum absolute atomic E-state index is 0.246. The molecule has 1 aromatic carbocycles. The largest absolute Gasteiger partial charge is 0.404 e. The van der Waals surface area contributed by atoms with Gasteiger partial charge in [-0.05, 0) is 17.7 Å².